The molecule has 2 aromatic heterocycles. The number of hydrogen-bond acceptors (Lipinski definition) is 5. The number of methoxy groups -OCH3 is 3. The standard InChI is InChI=1S/C26H25ClNO5/c1-16-13-19(17-7-9-28(10-8-17)11-12-30-2)25-20(14-16)23(29)26(32-4)24(33-25)18-5-6-22(31-3)21(27)15-18/h5-10,13-15H,11-12H2,1-4H3/q+1. The molecule has 0 aliphatic carbocycles. The molecular formula is C26H25ClNO5+. The summed E-state index contributed by atoms with van der Waals surface area (Å²) in [6.07, 6.45) is 3.96. The molecule has 6 nitrogen and oxygen atoms in total. The van der Waals surface area contributed by atoms with Gasteiger partial charge in [-0.15, -0.1) is 0 Å². The van der Waals surface area contributed by atoms with E-state index in [0.717, 1.165) is 23.2 Å². The van der Waals surface area contributed by atoms with Gasteiger partial charge in [-0.1, -0.05) is 11.6 Å². The predicted molar refractivity (Wildman–Crippen MR) is 128 cm³/mol. The Kier molecular flexibility index (Phi) is 6.67. The Bertz CT molecular complexity index is 1360. The van der Waals surface area contributed by atoms with Crippen molar-refractivity contribution in [3.05, 3.63) is 75.7 Å². The lowest BCUT2D eigenvalue weighted by molar-refractivity contribution is -0.698. The fourth-order valence-electron chi connectivity index (χ4n) is 3.81. The maximum atomic E-state index is 13.4. The van der Waals surface area contributed by atoms with Crippen molar-refractivity contribution in [2.45, 2.75) is 13.5 Å². The number of pyridine rings is 1. The van der Waals surface area contributed by atoms with E-state index in [4.69, 9.17) is 30.2 Å². The molecule has 0 spiro atoms. The summed E-state index contributed by atoms with van der Waals surface area (Å²) >= 11 is 6.34. The summed E-state index contributed by atoms with van der Waals surface area (Å²) in [6, 6.07) is 13.0. The summed E-state index contributed by atoms with van der Waals surface area (Å²) < 4.78 is 24.3. The maximum absolute atomic E-state index is 13.4. The topological polar surface area (TPSA) is 61.8 Å². The fourth-order valence-corrected chi connectivity index (χ4v) is 4.06. The van der Waals surface area contributed by atoms with Crippen molar-refractivity contribution in [1.82, 2.24) is 0 Å². The van der Waals surface area contributed by atoms with Gasteiger partial charge in [-0.2, -0.15) is 0 Å². The lowest BCUT2D eigenvalue weighted by atomic mass is 10.00. The summed E-state index contributed by atoms with van der Waals surface area (Å²) in [4.78, 5) is 13.4. The molecule has 0 aliphatic rings. The third-order valence-corrected chi connectivity index (χ3v) is 5.76. The van der Waals surface area contributed by atoms with Gasteiger partial charge in [0.25, 0.3) is 0 Å². The molecule has 0 radical (unpaired) electrons. The van der Waals surface area contributed by atoms with E-state index in [2.05, 4.69) is 0 Å². The van der Waals surface area contributed by atoms with Crippen LogP contribution < -0.4 is 19.5 Å². The number of ether oxygens (including phenoxy) is 3. The Hall–Kier alpha value is -3.35. The van der Waals surface area contributed by atoms with Crippen molar-refractivity contribution >= 4 is 22.6 Å². The molecule has 4 aromatic rings. The Morgan fingerprint density at radius 1 is 0.970 bits per heavy atom. The molecule has 7 heteroatoms. The van der Waals surface area contributed by atoms with E-state index in [9.17, 15) is 4.79 Å². The highest BCUT2D eigenvalue weighted by atomic mass is 35.5. The number of aromatic nitrogens is 1. The molecule has 0 N–H and O–H groups in total. The maximum Gasteiger partial charge on any atom is 0.235 e. The normalized spacial score (nSPS) is 11.1. The van der Waals surface area contributed by atoms with E-state index in [1.165, 1.54) is 7.11 Å². The van der Waals surface area contributed by atoms with Crippen LogP contribution in [0.2, 0.25) is 5.02 Å². The molecule has 2 aromatic carbocycles. The molecule has 33 heavy (non-hydrogen) atoms. The lowest BCUT2D eigenvalue weighted by Crippen LogP contribution is -2.34. The molecule has 0 atom stereocenters. The number of benzene rings is 2. The monoisotopic (exact) mass is 466 g/mol. The molecule has 0 aliphatic heterocycles. The van der Waals surface area contributed by atoms with Gasteiger partial charge in [0.15, 0.2) is 24.7 Å². The Labute approximate surface area is 196 Å². The Balaban J connectivity index is 1.94. The van der Waals surface area contributed by atoms with Crippen LogP contribution in [0.4, 0.5) is 0 Å². The average Bonchev–Trinajstić information content (AvgIpc) is 2.83. The number of rotatable bonds is 7. The third-order valence-electron chi connectivity index (χ3n) is 5.47. The number of halogens is 1. The molecule has 0 bridgehead atoms. The van der Waals surface area contributed by atoms with Gasteiger partial charge in [-0.3, -0.25) is 4.79 Å². The van der Waals surface area contributed by atoms with E-state index in [0.29, 0.717) is 39.7 Å². The summed E-state index contributed by atoms with van der Waals surface area (Å²) in [7, 11) is 4.68. The van der Waals surface area contributed by atoms with Crippen molar-refractivity contribution in [3.8, 4) is 33.9 Å². The first-order chi connectivity index (χ1) is 16.0. The summed E-state index contributed by atoms with van der Waals surface area (Å²) in [5, 5.41) is 0.869. The van der Waals surface area contributed by atoms with Gasteiger partial charge in [-0.05, 0) is 48.4 Å². The zero-order valence-corrected chi connectivity index (χ0v) is 19.7. The van der Waals surface area contributed by atoms with Crippen molar-refractivity contribution in [1.29, 1.82) is 0 Å². The second-order valence-corrected chi connectivity index (χ2v) is 8.06. The van der Waals surface area contributed by atoms with E-state index in [1.807, 2.05) is 48.1 Å². The van der Waals surface area contributed by atoms with Gasteiger partial charge in [0.2, 0.25) is 11.2 Å². The molecule has 0 saturated heterocycles. The van der Waals surface area contributed by atoms with Gasteiger partial charge in [0.1, 0.15) is 17.9 Å². The molecule has 170 valence electrons. The van der Waals surface area contributed by atoms with Crippen LogP contribution in [-0.4, -0.2) is 27.9 Å². The second kappa shape index (κ2) is 9.65. The number of hydrogen-bond donors (Lipinski definition) is 0. The fraction of sp³-hybridized carbons (Fsp3) is 0.231. The zero-order valence-electron chi connectivity index (χ0n) is 19.0. The molecule has 2 heterocycles. The summed E-state index contributed by atoms with van der Waals surface area (Å²) in [5.74, 6) is 0.978. The molecule has 0 saturated carbocycles. The smallest absolute Gasteiger partial charge is 0.235 e. The van der Waals surface area contributed by atoms with Crippen molar-refractivity contribution in [2.24, 2.45) is 0 Å². The summed E-state index contributed by atoms with van der Waals surface area (Å²) in [6.45, 7) is 3.33. The minimum absolute atomic E-state index is 0.130. The SMILES string of the molecule is COCC[n+]1ccc(-c2cc(C)cc3c(=O)c(OC)c(-c4ccc(OC)c(Cl)c4)oc23)cc1. The quantitative estimate of drug-likeness (QED) is 0.357. The minimum Gasteiger partial charge on any atom is -0.495 e. The lowest BCUT2D eigenvalue weighted by Gasteiger charge is -2.13. The third kappa shape index (κ3) is 4.45. The first-order valence-corrected chi connectivity index (χ1v) is 10.8. The number of aryl methyl sites for hydroxylation is 1. The van der Waals surface area contributed by atoms with Gasteiger partial charge in [-0.25, -0.2) is 4.57 Å². The highest BCUT2D eigenvalue weighted by molar-refractivity contribution is 6.32. The molecular weight excluding hydrogens is 442 g/mol. The Morgan fingerprint density at radius 3 is 2.36 bits per heavy atom. The van der Waals surface area contributed by atoms with Crippen LogP contribution in [0.25, 0.3) is 33.4 Å². The van der Waals surface area contributed by atoms with Crippen LogP contribution >= 0.6 is 11.6 Å². The van der Waals surface area contributed by atoms with Gasteiger partial charge < -0.3 is 18.6 Å². The van der Waals surface area contributed by atoms with Crippen molar-refractivity contribution in [3.63, 3.8) is 0 Å². The number of fused-ring (bicyclic) bond motifs is 1. The van der Waals surface area contributed by atoms with E-state index in [-0.39, 0.29) is 11.2 Å². The zero-order chi connectivity index (χ0) is 23.5. The van der Waals surface area contributed by atoms with E-state index < -0.39 is 0 Å². The first kappa shape index (κ1) is 22.8. The average molecular weight is 467 g/mol. The van der Waals surface area contributed by atoms with Crippen LogP contribution in [0, 0.1) is 6.92 Å². The number of nitrogens with zero attached hydrogens (tertiary/aromatic N) is 1. The summed E-state index contributed by atoms with van der Waals surface area (Å²) in [5.41, 5.74) is 3.57. The molecule has 0 fully saturated rings. The highest BCUT2D eigenvalue weighted by Gasteiger charge is 2.21. The first-order valence-electron chi connectivity index (χ1n) is 10.4. The van der Waals surface area contributed by atoms with Gasteiger partial charge in [0, 0.05) is 30.4 Å². The van der Waals surface area contributed by atoms with Crippen LogP contribution in [0.5, 0.6) is 11.5 Å². The Morgan fingerprint density at radius 2 is 1.73 bits per heavy atom. The molecule has 0 amide bonds. The van der Waals surface area contributed by atoms with Gasteiger partial charge >= 0.3 is 0 Å². The van der Waals surface area contributed by atoms with E-state index >= 15 is 0 Å². The second-order valence-electron chi connectivity index (χ2n) is 7.65. The van der Waals surface area contributed by atoms with Crippen LogP contribution in [0.15, 0.2) is 64.1 Å². The van der Waals surface area contributed by atoms with E-state index in [1.54, 1.807) is 32.4 Å². The van der Waals surface area contributed by atoms with Crippen LogP contribution in [0.3, 0.4) is 0 Å². The van der Waals surface area contributed by atoms with Crippen molar-refractivity contribution in [2.75, 3.05) is 27.9 Å². The predicted octanol–water partition coefficient (Wildman–Crippen LogP) is 5.04. The molecule has 4 rings (SSSR count). The van der Waals surface area contributed by atoms with Crippen molar-refractivity contribution < 1.29 is 23.2 Å². The highest BCUT2D eigenvalue weighted by Crippen LogP contribution is 2.38. The van der Waals surface area contributed by atoms with Crippen LogP contribution in [-0.2, 0) is 11.3 Å². The van der Waals surface area contributed by atoms with Gasteiger partial charge in [0.05, 0.1) is 24.6 Å². The largest absolute Gasteiger partial charge is 0.495 e. The molecule has 0 unspecified atom stereocenters. The minimum atomic E-state index is -0.239. The van der Waals surface area contributed by atoms with Crippen LogP contribution in [0.1, 0.15) is 5.56 Å².